The van der Waals surface area contributed by atoms with Crippen molar-refractivity contribution < 1.29 is 54.8 Å². The molecule has 0 bridgehead atoms. The Kier molecular flexibility index (Phi) is 7.13. The van der Waals surface area contributed by atoms with E-state index in [4.69, 9.17) is 14.2 Å². The van der Waals surface area contributed by atoms with Crippen LogP contribution in [0, 0.1) is 0 Å². The standard InChI is InChI=1S/C14H23BrO11/c1-4(18)14(15)12(23)10(22)11(6(3-17)26-14)25-13-9(21)8(20)7(19)5(2-16)24-13/h5-13,16-17,19-23H,2-3H2,1H3/t5-,6-,7+,8+,9-,10+,11-,12-,13+,14?/m1/s1. The molecule has 1 unspecified atom stereocenters. The first-order valence-corrected chi connectivity index (χ1v) is 8.68. The minimum Gasteiger partial charge on any atom is -0.394 e. The first-order valence-electron chi connectivity index (χ1n) is 7.89. The molecule has 0 spiro atoms. The Bertz CT molecular complexity index is 503. The van der Waals surface area contributed by atoms with Gasteiger partial charge in [-0.25, -0.2) is 0 Å². The first-order chi connectivity index (χ1) is 12.1. The molecule has 0 aromatic carbocycles. The van der Waals surface area contributed by atoms with E-state index in [1.54, 1.807) is 0 Å². The molecule has 12 heteroatoms. The molecule has 2 aliphatic rings. The average molecular weight is 447 g/mol. The van der Waals surface area contributed by atoms with Gasteiger partial charge in [0.2, 0.25) is 4.51 Å². The van der Waals surface area contributed by atoms with Crippen LogP contribution in [0.25, 0.3) is 0 Å². The maximum Gasteiger partial charge on any atom is 0.209 e. The highest BCUT2D eigenvalue weighted by Gasteiger charge is 2.57. The van der Waals surface area contributed by atoms with Crippen LogP contribution in [0.15, 0.2) is 0 Å². The van der Waals surface area contributed by atoms with Gasteiger partial charge in [0.1, 0.15) is 48.8 Å². The fraction of sp³-hybridized carbons (Fsp3) is 0.929. The molecule has 152 valence electrons. The normalized spacial score (nSPS) is 49.8. The van der Waals surface area contributed by atoms with Crippen LogP contribution in [-0.4, -0.2) is 114 Å². The topological polar surface area (TPSA) is 186 Å². The van der Waals surface area contributed by atoms with Gasteiger partial charge in [0.15, 0.2) is 12.1 Å². The summed E-state index contributed by atoms with van der Waals surface area (Å²) in [6.07, 6.45) is -14.2. The van der Waals surface area contributed by atoms with Gasteiger partial charge in [-0.15, -0.1) is 0 Å². The quantitative estimate of drug-likeness (QED) is 0.204. The van der Waals surface area contributed by atoms with Gasteiger partial charge in [0.05, 0.1) is 13.2 Å². The van der Waals surface area contributed by atoms with Gasteiger partial charge in [0.25, 0.3) is 0 Å². The smallest absolute Gasteiger partial charge is 0.209 e. The Morgan fingerprint density at radius 3 is 2.08 bits per heavy atom. The van der Waals surface area contributed by atoms with Crippen molar-refractivity contribution in [2.45, 2.75) is 66.6 Å². The summed E-state index contributed by atoms with van der Waals surface area (Å²) < 4.78 is 13.9. The molecule has 0 radical (unpaired) electrons. The van der Waals surface area contributed by atoms with Gasteiger partial charge >= 0.3 is 0 Å². The van der Waals surface area contributed by atoms with E-state index >= 15 is 0 Å². The highest BCUT2D eigenvalue weighted by molar-refractivity contribution is 9.10. The molecule has 10 atom stereocenters. The number of halogens is 1. The van der Waals surface area contributed by atoms with Crippen LogP contribution < -0.4 is 0 Å². The number of ether oxygens (including phenoxy) is 3. The summed E-state index contributed by atoms with van der Waals surface area (Å²) in [5.41, 5.74) is 0. The summed E-state index contributed by atoms with van der Waals surface area (Å²) >= 11 is 2.91. The van der Waals surface area contributed by atoms with Crippen LogP contribution in [0.3, 0.4) is 0 Å². The zero-order chi connectivity index (χ0) is 19.8. The summed E-state index contributed by atoms with van der Waals surface area (Å²) in [6, 6.07) is 0. The van der Waals surface area contributed by atoms with Crippen molar-refractivity contribution in [2.24, 2.45) is 0 Å². The zero-order valence-corrected chi connectivity index (χ0v) is 15.3. The third kappa shape index (κ3) is 3.82. The van der Waals surface area contributed by atoms with E-state index in [0.717, 1.165) is 6.92 Å². The molecule has 2 heterocycles. The monoisotopic (exact) mass is 446 g/mol. The molecule has 26 heavy (non-hydrogen) atoms. The molecule has 2 aliphatic heterocycles. The van der Waals surface area contributed by atoms with Crippen molar-refractivity contribution in [1.29, 1.82) is 0 Å². The Morgan fingerprint density at radius 1 is 1.00 bits per heavy atom. The van der Waals surface area contributed by atoms with Gasteiger partial charge < -0.3 is 50.0 Å². The number of hydrogen-bond acceptors (Lipinski definition) is 11. The fourth-order valence-electron chi connectivity index (χ4n) is 2.91. The maximum atomic E-state index is 11.7. The van der Waals surface area contributed by atoms with E-state index < -0.39 is 78.6 Å². The molecule has 2 saturated heterocycles. The number of carbonyl (C=O) groups excluding carboxylic acids is 1. The van der Waals surface area contributed by atoms with Crippen molar-refractivity contribution in [2.75, 3.05) is 13.2 Å². The number of Topliss-reactive ketones (excluding diaryl/α,β-unsaturated/α-hetero) is 1. The van der Waals surface area contributed by atoms with E-state index in [9.17, 15) is 40.5 Å². The fourth-order valence-corrected chi connectivity index (χ4v) is 3.42. The predicted molar refractivity (Wildman–Crippen MR) is 85.0 cm³/mol. The lowest BCUT2D eigenvalue weighted by atomic mass is 9.92. The number of ketones is 1. The highest BCUT2D eigenvalue weighted by atomic mass is 79.9. The lowest BCUT2D eigenvalue weighted by Crippen LogP contribution is -2.67. The molecule has 11 nitrogen and oxygen atoms in total. The molecule has 0 amide bonds. The van der Waals surface area contributed by atoms with E-state index in [1.165, 1.54) is 0 Å². The van der Waals surface area contributed by atoms with Gasteiger partial charge in [0, 0.05) is 0 Å². The third-order valence-corrected chi connectivity index (χ3v) is 5.74. The van der Waals surface area contributed by atoms with Gasteiger partial charge in [-0.3, -0.25) is 4.79 Å². The highest BCUT2D eigenvalue weighted by Crippen LogP contribution is 2.38. The van der Waals surface area contributed by atoms with E-state index in [0.29, 0.717) is 0 Å². The van der Waals surface area contributed by atoms with Gasteiger partial charge in [-0.05, 0) is 22.9 Å². The number of aliphatic hydroxyl groups is 7. The van der Waals surface area contributed by atoms with Gasteiger partial charge in [-0.2, -0.15) is 0 Å². The summed E-state index contributed by atoms with van der Waals surface area (Å²) in [5, 5.41) is 68.8. The molecule has 2 rings (SSSR count). The second kappa shape index (κ2) is 8.41. The Labute approximate surface area is 156 Å². The lowest BCUT2D eigenvalue weighted by molar-refractivity contribution is -0.341. The van der Waals surface area contributed by atoms with Crippen molar-refractivity contribution in [3.63, 3.8) is 0 Å². The lowest BCUT2D eigenvalue weighted by Gasteiger charge is -2.48. The molecule has 0 aromatic heterocycles. The van der Waals surface area contributed by atoms with Crippen LogP contribution in [0.5, 0.6) is 0 Å². The number of carbonyl (C=O) groups is 1. The molecule has 2 fully saturated rings. The Hall–Kier alpha value is -0.250. The first kappa shape index (κ1) is 22.0. The number of rotatable bonds is 5. The van der Waals surface area contributed by atoms with Crippen LogP contribution in [0.4, 0.5) is 0 Å². The summed E-state index contributed by atoms with van der Waals surface area (Å²) in [6.45, 7) is -0.292. The number of aliphatic hydroxyl groups excluding tert-OH is 7. The summed E-state index contributed by atoms with van der Waals surface area (Å²) in [7, 11) is 0. The van der Waals surface area contributed by atoms with Crippen LogP contribution in [-0.2, 0) is 19.0 Å². The zero-order valence-electron chi connectivity index (χ0n) is 13.8. The Balaban J connectivity index is 2.20. The van der Waals surface area contributed by atoms with E-state index in [2.05, 4.69) is 15.9 Å². The molecular formula is C14H23BrO11. The van der Waals surface area contributed by atoms with Gasteiger partial charge in [-0.1, -0.05) is 0 Å². The molecular weight excluding hydrogens is 424 g/mol. The summed E-state index contributed by atoms with van der Waals surface area (Å²) in [4.78, 5) is 11.7. The van der Waals surface area contributed by atoms with Crippen molar-refractivity contribution >= 4 is 21.7 Å². The van der Waals surface area contributed by atoms with E-state index in [1.807, 2.05) is 0 Å². The number of alkyl halides is 1. The minimum atomic E-state index is -1.96. The summed E-state index contributed by atoms with van der Waals surface area (Å²) in [5.74, 6) is -0.659. The predicted octanol–water partition coefficient (Wildman–Crippen LogP) is -4.04. The second-order valence-electron chi connectivity index (χ2n) is 6.27. The van der Waals surface area contributed by atoms with Crippen molar-refractivity contribution in [1.82, 2.24) is 0 Å². The third-order valence-electron chi connectivity index (χ3n) is 4.53. The average Bonchev–Trinajstić information content (AvgIpc) is 2.61. The largest absolute Gasteiger partial charge is 0.394 e. The SMILES string of the molecule is CC(=O)C1(Br)O[C@H](CO)[C@@H](O[C@@H]2O[C@H](CO)[C@H](O)[C@H](O)[C@H]2O)[C@H](O)[C@H]1O. The molecule has 7 N–H and O–H groups in total. The van der Waals surface area contributed by atoms with Crippen LogP contribution >= 0.6 is 15.9 Å². The number of hydrogen-bond donors (Lipinski definition) is 7. The van der Waals surface area contributed by atoms with Crippen LogP contribution in [0.2, 0.25) is 0 Å². The maximum absolute atomic E-state index is 11.7. The van der Waals surface area contributed by atoms with Crippen molar-refractivity contribution in [3.8, 4) is 0 Å². The van der Waals surface area contributed by atoms with Crippen LogP contribution in [0.1, 0.15) is 6.92 Å². The minimum absolute atomic E-state index is 0.659. The molecule has 0 aliphatic carbocycles. The molecule has 0 saturated carbocycles. The molecule has 0 aromatic rings. The van der Waals surface area contributed by atoms with Crippen molar-refractivity contribution in [3.05, 3.63) is 0 Å². The second-order valence-corrected chi connectivity index (χ2v) is 7.45. The Morgan fingerprint density at radius 2 is 1.58 bits per heavy atom. The van der Waals surface area contributed by atoms with E-state index in [-0.39, 0.29) is 0 Å².